The molecule has 3 aromatic rings. The van der Waals surface area contributed by atoms with Gasteiger partial charge in [0.2, 0.25) is 0 Å². The van der Waals surface area contributed by atoms with E-state index in [0.717, 1.165) is 14.7 Å². The minimum Gasteiger partial charge on any atom is -0.490 e. The van der Waals surface area contributed by atoms with Gasteiger partial charge in [-0.3, -0.25) is 4.79 Å². The highest BCUT2D eigenvalue weighted by atomic mass is 127. The highest BCUT2D eigenvalue weighted by Crippen LogP contribution is 2.35. The highest BCUT2D eigenvalue weighted by Gasteiger charge is 2.15. The molecule has 0 aromatic heterocycles. The van der Waals surface area contributed by atoms with Crippen LogP contribution in [-0.4, -0.2) is 12.5 Å². The first-order chi connectivity index (χ1) is 15.9. The number of rotatable bonds is 8. The standard InChI is InChI=1S/C26H22ClIN2O3/c1-3-32-24-14-19(12-20(15-29)26(31)30-22-9-7-21(27)8-10-22)13-23(28)25(24)33-16-18-6-4-5-17(2)11-18/h4-14H,3,16H2,1-2H3,(H,30,31)/b20-12+. The number of hydrogen-bond acceptors (Lipinski definition) is 4. The summed E-state index contributed by atoms with van der Waals surface area (Å²) in [5.41, 5.74) is 3.40. The zero-order chi connectivity index (χ0) is 23.8. The van der Waals surface area contributed by atoms with Crippen LogP contribution in [0.1, 0.15) is 23.6 Å². The summed E-state index contributed by atoms with van der Waals surface area (Å²) in [4.78, 5) is 12.6. The molecule has 168 valence electrons. The van der Waals surface area contributed by atoms with E-state index in [4.69, 9.17) is 21.1 Å². The Morgan fingerprint density at radius 3 is 2.58 bits per heavy atom. The Kier molecular flexibility index (Phi) is 8.75. The first-order valence-corrected chi connectivity index (χ1v) is 11.7. The highest BCUT2D eigenvalue weighted by molar-refractivity contribution is 14.1. The molecule has 0 radical (unpaired) electrons. The Hall–Kier alpha value is -3.02. The summed E-state index contributed by atoms with van der Waals surface area (Å²) in [7, 11) is 0. The fourth-order valence-corrected chi connectivity index (χ4v) is 3.99. The van der Waals surface area contributed by atoms with Crippen LogP contribution in [0.15, 0.2) is 66.2 Å². The van der Waals surface area contributed by atoms with Crippen LogP contribution in [0.4, 0.5) is 5.69 Å². The molecule has 0 aliphatic heterocycles. The SMILES string of the molecule is CCOc1cc(/C=C(\C#N)C(=O)Nc2ccc(Cl)cc2)cc(I)c1OCc1cccc(C)c1. The van der Waals surface area contributed by atoms with Gasteiger partial charge in [0.05, 0.1) is 10.2 Å². The zero-order valence-electron chi connectivity index (χ0n) is 18.2. The number of anilines is 1. The predicted molar refractivity (Wildman–Crippen MR) is 140 cm³/mol. The van der Waals surface area contributed by atoms with E-state index in [1.807, 2.05) is 44.2 Å². The van der Waals surface area contributed by atoms with Gasteiger partial charge in [-0.05, 0) is 90.0 Å². The normalized spacial score (nSPS) is 10.9. The summed E-state index contributed by atoms with van der Waals surface area (Å²) >= 11 is 8.05. The minimum absolute atomic E-state index is 0.0309. The maximum atomic E-state index is 12.6. The molecular formula is C26H22ClIN2O3. The Balaban J connectivity index is 1.84. The predicted octanol–water partition coefficient (Wildman–Crippen LogP) is 6.78. The zero-order valence-corrected chi connectivity index (χ0v) is 21.1. The van der Waals surface area contributed by atoms with Gasteiger partial charge >= 0.3 is 0 Å². The average molecular weight is 573 g/mol. The van der Waals surface area contributed by atoms with Crippen molar-refractivity contribution in [3.05, 3.63) is 91.5 Å². The summed E-state index contributed by atoms with van der Waals surface area (Å²) in [6.45, 7) is 4.78. The molecule has 0 spiro atoms. The van der Waals surface area contributed by atoms with E-state index in [1.54, 1.807) is 30.3 Å². The smallest absolute Gasteiger partial charge is 0.266 e. The molecule has 0 bridgehead atoms. The molecule has 7 heteroatoms. The van der Waals surface area contributed by atoms with Crippen molar-refractivity contribution in [2.24, 2.45) is 0 Å². The van der Waals surface area contributed by atoms with Gasteiger partial charge < -0.3 is 14.8 Å². The van der Waals surface area contributed by atoms with Crippen LogP contribution in [0.5, 0.6) is 11.5 Å². The van der Waals surface area contributed by atoms with Crippen molar-refractivity contribution in [2.75, 3.05) is 11.9 Å². The average Bonchev–Trinajstić information content (AvgIpc) is 2.78. The van der Waals surface area contributed by atoms with E-state index in [2.05, 4.69) is 34.0 Å². The third-order valence-electron chi connectivity index (χ3n) is 4.58. The van der Waals surface area contributed by atoms with Gasteiger partial charge in [0.15, 0.2) is 11.5 Å². The molecular weight excluding hydrogens is 551 g/mol. The molecule has 0 aliphatic carbocycles. The summed E-state index contributed by atoms with van der Waals surface area (Å²) < 4.78 is 12.7. The molecule has 1 amide bonds. The molecule has 0 saturated carbocycles. The van der Waals surface area contributed by atoms with Crippen LogP contribution in [0.25, 0.3) is 6.08 Å². The second kappa shape index (κ2) is 11.7. The fraction of sp³-hybridized carbons (Fsp3) is 0.154. The van der Waals surface area contributed by atoms with E-state index in [9.17, 15) is 10.1 Å². The van der Waals surface area contributed by atoms with Gasteiger partial charge in [0.25, 0.3) is 5.91 Å². The van der Waals surface area contributed by atoms with Crippen molar-refractivity contribution < 1.29 is 14.3 Å². The molecule has 1 N–H and O–H groups in total. The van der Waals surface area contributed by atoms with Crippen molar-refractivity contribution in [1.82, 2.24) is 0 Å². The number of halogens is 2. The van der Waals surface area contributed by atoms with E-state index >= 15 is 0 Å². The Morgan fingerprint density at radius 2 is 1.91 bits per heavy atom. The number of nitrogens with zero attached hydrogens (tertiary/aromatic N) is 1. The van der Waals surface area contributed by atoms with Gasteiger partial charge in [0.1, 0.15) is 18.2 Å². The lowest BCUT2D eigenvalue weighted by atomic mass is 10.1. The van der Waals surface area contributed by atoms with Crippen molar-refractivity contribution in [1.29, 1.82) is 5.26 Å². The number of amides is 1. The molecule has 0 fully saturated rings. The monoisotopic (exact) mass is 572 g/mol. The summed E-state index contributed by atoms with van der Waals surface area (Å²) in [6.07, 6.45) is 1.53. The van der Waals surface area contributed by atoms with E-state index in [1.165, 1.54) is 6.08 Å². The Bertz CT molecular complexity index is 1220. The lowest BCUT2D eigenvalue weighted by molar-refractivity contribution is -0.112. The van der Waals surface area contributed by atoms with Crippen LogP contribution in [0.3, 0.4) is 0 Å². The first kappa shape index (κ1) is 24.6. The van der Waals surface area contributed by atoms with E-state index in [0.29, 0.717) is 41.0 Å². The van der Waals surface area contributed by atoms with Gasteiger partial charge in [-0.15, -0.1) is 0 Å². The third kappa shape index (κ3) is 6.98. The molecule has 0 aliphatic rings. The molecule has 0 heterocycles. The molecule has 3 aromatic carbocycles. The number of carbonyl (C=O) groups is 1. The second-order valence-corrected chi connectivity index (χ2v) is 8.77. The Morgan fingerprint density at radius 1 is 1.15 bits per heavy atom. The number of nitrogens with one attached hydrogen (secondary N) is 1. The van der Waals surface area contributed by atoms with E-state index in [-0.39, 0.29) is 5.57 Å². The molecule has 3 rings (SSSR count). The molecule has 33 heavy (non-hydrogen) atoms. The largest absolute Gasteiger partial charge is 0.490 e. The number of ether oxygens (including phenoxy) is 2. The number of hydrogen-bond donors (Lipinski definition) is 1. The fourth-order valence-electron chi connectivity index (χ4n) is 3.08. The maximum Gasteiger partial charge on any atom is 0.266 e. The van der Waals surface area contributed by atoms with Crippen LogP contribution in [0.2, 0.25) is 5.02 Å². The third-order valence-corrected chi connectivity index (χ3v) is 5.63. The lowest BCUT2D eigenvalue weighted by Crippen LogP contribution is -2.13. The molecule has 5 nitrogen and oxygen atoms in total. The Labute approximate surface area is 212 Å². The van der Waals surface area contributed by atoms with Crippen molar-refractivity contribution >= 4 is 51.9 Å². The molecule has 0 saturated heterocycles. The van der Waals surface area contributed by atoms with Gasteiger partial charge in [0, 0.05) is 10.7 Å². The van der Waals surface area contributed by atoms with E-state index < -0.39 is 5.91 Å². The number of benzene rings is 3. The van der Waals surface area contributed by atoms with Gasteiger partial charge in [-0.2, -0.15) is 5.26 Å². The summed E-state index contributed by atoms with van der Waals surface area (Å²) in [6, 6.07) is 20.4. The molecule has 0 atom stereocenters. The first-order valence-electron chi connectivity index (χ1n) is 10.2. The van der Waals surface area contributed by atoms with Gasteiger partial charge in [-0.25, -0.2) is 0 Å². The van der Waals surface area contributed by atoms with Crippen LogP contribution >= 0.6 is 34.2 Å². The minimum atomic E-state index is -0.507. The quantitative estimate of drug-likeness (QED) is 0.184. The topological polar surface area (TPSA) is 71.3 Å². The van der Waals surface area contributed by atoms with Crippen molar-refractivity contribution in [3.8, 4) is 17.6 Å². The van der Waals surface area contributed by atoms with Crippen LogP contribution < -0.4 is 14.8 Å². The van der Waals surface area contributed by atoms with Crippen LogP contribution in [0, 0.1) is 21.8 Å². The van der Waals surface area contributed by atoms with Gasteiger partial charge in [-0.1, -0.05) is 41.4 Å². The molecule has 0 unspecified atom stereocenters. The van der Waals surface area contributed by atoms with Crippen molar-refractivity contribution in [2.45, 2.75) is 20.5 Å². The van der Waals surface area contributed by atoms with Crippen molar-refractivity contribution in [3.63, 3.8) is 0 Å². The second-order valence-electron chi connectivity index (χ2n) is 7.17. The summed E-state index contributed by atoms with van der Waals surface area (Å²) in [5, 5.41) is 12.8. The van der Waals surface area contributed by atoms with Crippen LogP contribution in [-0.2, 0) is 11.4 Å². The maximum absolute atomic E-state index is 12.6. The number of nitriles is 1. The number of carbonyl (C=O) groups excluding carboxylic acids is 1. The lowest BCUT2D eigenvalue weighted by Gasteiger charge is -2.15. The number of aryl methyl sites for hydroxylation is 1. The summed E-state index contributed by atoms with van der Waals surface area (Å²) in [5.74, 6) is 0.673.